The van der Waals surface area contributed by atoms with Gasteiger partial charge in [0, 0.05) is 12.1 Å². The lowest BCUT2D eigenvalue weighted by Gasteiger charge is -2.23. The van der Waals surface area contributed by atoms with Crippen molar-refractivity contribution in [2.24, 2.45) is 5.92 Å². The lowest BCUT2D eigenvalue weighted by atomic mass is 9.87. The Morgan fingerprint density at radius 3 is 2.52 bits per heavy atom. The zero-order valence-corrected chi connectivity index (χ0v) is 13.1. The van der Waals surface area contributed by atoms with Crippen LogP contribution in [0.25, 0.3) is 0 Å². The summed E-state index contributed by atoms with van der Waals surface area (Å²) in [6.07, 6.45) is 0. The molecule has 1 aromatic rings. The van der Waals surface area contributed by atoms with Crippen molar-refractivity contribution in [3.8, 4) is 0 Å². The van der Waals surface area contributed by atoms with Crippen LogP contribution in [-0.4, -0.2) is 36.7 Å². The predicted octanol–water partition coefficient (Wildman–Crippen LogP) is 2.30. The van der Waals surface area contributed by atoms with Gasteiger partial charge in [-0.3, -0.25) is 4.79 Å². The SMILES string of the molecule is COCC(NC(=O)C(c1cccc(Cl)c1)C(C)C)C(=O)O. The third-order valence-corrected chi connectivity index (χ3v) is 3.34. The summed E-state index contributed by atoms with van der Waals surface area (Å²) in [7, 11) is 1.39. The highest BCUT2D eigenvalue weighted by molar-refractivity contribution is 6.30. The van der Waals surface area contributed by atoms with Gasteiger partial charge >= 0.3 is 5.97 Å². The molecule has 5 nitrogen and oxygen atoms in total. The normalized spacial score (nSPS) is 13.8. The summed E-state index contributed by atoms with van der Waals surface area (Å²) < 4.78 is 4.81. The molecule has 0 saturated carbocycles. The van der Waals surface area contributed by atoms with Crippen LogP contribution in [0.5, 0.6) is 0 Å². The fraction of sp³-hybridized carbons (Fsp3) is 0.467. The van der Waals surface area contributed by atoms with Crippen molar-refractivity contribution < 1.29 is 19.4 Å². The van der Waals surface area contributed by atoms with Crippen LogP contribution in [0.1, 0.15) is 25.3 Å². The molecule has 0 heterocycles. The Morgan fingerprint density at radius 1 is 1.38 bits per heavy atom. The maximum Gasteiger partial charge on any atom is 0.328 e. The molecule has 0 aliphatic rings. The van der Waals surface area contributed by atoms with E-state index in [0.717, 1.165) is 5.56 Å². The molecule has 0 saturated heterocycles. The maximum atomic E-state index is 12.4. The number of ether oxygens (including phenoxy) is 1. The molecule has 116 valence electrons. The van der Waals surface area contributed by atoms with Crippen LogP contribution in [0.2, 0.25) is 5.02 Å². The number of nitrogens with one attached hydrogen (secondary N) is 1. The molecule has 0 aliphatic carbocycles. The van der Waals surface area contributed by atoms with Gasteiger partial charge in [0.05, 0.1) is 12.5 Å². The van der Waals surface area contributed by atoms with Crippen molar-refractivity contribution in [3.63, 3.8) is 0 Å². The first-order valence-electron chi connectivity index (χ1n) is 6.64. The second-order valence-electron chi connectivity index (χ2n) is 5.13. The van der Waals surface area contributed by atoms with Gasteiger partial charge in [-0.1, -0.05) is 37.6 Å². The fourth-order valence-electron chi connectivity index (χ4n) is 2.14. The molecule has 0 aliphatic heterocycles. The van der Waals surface area contributed by atoms with Gasteiger partial charge in [0.1, 0.15) is 0 Å². The minimum atomic E-state index is -1.13. The summed E-state index contributed by atoms with van der Waals surface area (Å²) in [4.78, 5) is 23.5. The number of methoxy groups -OCH3 is 1. The number of hydrogen-bond donors (Lipinski definition) is 2. The van der Waals surface area contributed by atoms with Crippen molar-refractivity contribution in [3.05, 3.63) is 34.9 Å². The van der Waals surface area contributed by atoms with Gasteiger partial charge in [0.25, 0.3) is 0 Å². The lowest BCUT2D eigenvalue weighted by molar-refractivity contribution is -0.143. The Kier molecular flexibility index (Phi) is 6.65. The van der Waals surface area contributed by atoms with Crippen molar-refractivity contribution in [2.75, 3.05) is 13.7 Å². The van der Waals surface area contributed by atoms with Gasteiger partial charge in [-0.2, -0.15) is 0 Å². The van der Waals surface area contributed by atoms with E-state index in [0.29, 0.717) is 5.02 Å². The minimum absolute atomic E-state index is 0.000423. The molecule has 0 fully saturated rings. The molecule has 0 bridgehead atoms. The Bertz CT molecular complexity index is 504. The number of benzene rings is 1. The quantitative estimate of drug-likeness (QED) is 0.810. The molecule has 2 N–H and O–H groups in total. The van der Waals surface area contributed by atoms with E-state index in [1.807, 2.05) is 19.9 Å². The number of hydrogen-bond acceptors (Lipinski definition) is 3. The zero-order valence-electron chi connectivity index (χ0n) is 12.3. The molecule has 0 spiro atoms. The van der Waals surface area contributed by atoms with Gasteiger partial charge in [0.15, 0.2) is 6.04 Å². The molecule has 1 aromatic carbocycles. The predicted molar refractivity (Wildman–Crippen MR) is 80.5 cm³/mol. The van der Waals surface area contributed by atoms with E-state index in [1.165, 1.54) is 7.11 Å². The van der Waals surface area contributed by atoms with Crippen LogP contribution in [-0.2, 0) is 14.3 Å². The number of rotatable bonds is 7. The first kappa shape index (κ1) is 17.5. The standard InChI is InChI=1S/C15H20ClNO4/c1-9(2)13(10-5-4-6-11(16)7-10)14(18)17-12(8-21-3)15(19)20/h4-7,9,12-13H,8H2,1-3H3,(H,17,18)(H,19,20). The van der Waals surface area contributed by atoms with Crippen LogP contribution in [0.4, 0.5) is 0 Å². The van der Waals surface area contributed by atoms with E-state index in [-0.39, 0.29) is 18.4 Å². The Hall–Kier alpha value is -1.59. The molecule has 6 heteroatoms. The van der Waals surface area contributed by atoms with E-state index < -0.39 is 17.9 Å². The maximum absolute atomic E-state index is 12.4. The van der Waals surface area contributed by atoms with E-state index in [4.69, 9.17) is 21.4 Å². The molecule has 2 atom stereocenters. The minimum Gasteiger partial charge on any atom is -0.480 e. The molecular formula is C15H20ClNO4. The number of carboxylic acids is 1. The molecule has 1 rings (SSSR count). The number of carboxylic acid groups (broad SMARTS) is 1. The summed E-state index contributed by atoms with van der Waals surface area (Å²) >= 11 is 5.96. The zero-order chi connectivity index (χ0) is 16.0. The molecule has 1 amide bonds. The Morgan fingerprint density at radius 2 is 2.05 bits per heavy atom. The topological polar surface area (TPSA) is 75.6 Å². The average Bonchev–Trinajstić information content (AvgIpc) is 2.37. The van der Waals surface area contributed by atoms with E-state index >= 15 is 0 Å². The van der Waals surface area contributed by atoms with Gasteiger partial charge in [-0.15, -0.1) is 0 Å². The van der Waals surface area contributed by atoms with Crippen LogP contribution in [0.3, 0.4) is 0 Å². The summed E-state index contributed by atoms with van der Waals surface area (Å²) in [5.74, 6) is -1.95. The summed E-state index contributed by atoms with van der Waals surface area (Å²) in [5, 5.41) is 12.1. The monoisotopic (exact) mass is 313 g/mol. The van der Waals surface area contributed by atoms with Crippen molar-refractivity contribution in [1.29, 1.82) is 0 Å². The number of carbonyl (C=O) groups is 2. The number of carbonyl (C=O) groups excluding carboxylic acids is 1. The van der Waals surface area contributed by atoms with Gasteiger partial charge < -0.3 is 15.2 Å². The highest BCUT2D eigenvalue weighted by atomic mass is 35.5. The second kappa shape index (κ2) is 8.00. The van der Waals surface area contributed by atoms with E-state index in [9.17, 15) is 9.59 Å². The smallest absolute Gasteiger partial charge is 0.328 e. The highest BCUT2D eigenvalue weighted by Gasteiger charge is 2.28. The molecule has 21 heavy (non-hydrogen) atoms. The third kappa shape index (κ3) is 5.02. The van der Waals surface area contributed by atoms with Gasteiger partial charge in [-0.05, 0) is 23.6 Å². The first-order chi connectivity index (χ1) is 9.86. The van der Waals surface area contributed by atoms with Crippen molar-refractivity contribution in [2.45, 2.75) is 25.8 Å². The van der Waals surface area contributed by atoms with E-state index in [1.54, 1.807) is 18.2 Å². The largest absolute Gasteiger partial charge is 0.480 e. The molecule has 0 aromatic heterocycles. The van der Waals surface area contributed by atoms with Crippen LogP contribution >= 0.6 is 11.6 Å². The highest BCUT2D eigenvalue weighted by Crippen LogP contribution is 2.26. The van der Waals surface area contributed by atoms with Crippen LogP contribution < -0.4 is 5.32 Å². The van der Waals surface area contributed by atoms with E-state index in [2.05, 4.69) is 5.32 Å². The Labute approximate surface area is 129 Å². The summed E-state index contributed by atoms with van der Waals surface area (Å²) in [5.41, 5.74) is 0.761. The second-order valence-corrected chi connectivity index (χ2v) is 5.57. The summed E-state index contributed by atoms with van der Waals surface area (Å²) in [6, 6.07) is 5.96. The fourth-order valence-corrected chi connectivity index (χ4v) is 2.34. The number of halogens is 1. The van der Waals surface area contributed by atoms with Gasteiger partial charge in [0.2, 0.25) is 5.91 Å². The van der Waals surface area contributed by atoms with Gasteiger partial charge in [-0.25, -0.2) is 4.79 Å². The third-order valence-electron chi connectivity index (χ3n) is 3.10. The molecular weight excluding hydrogens is 294 g/mol. The number of amides is 1. The van der Waals surface area contributed by atoms with Crippen molar-refractivity contribution in [1.82, 2.24) is 5.32 Å². The van der Waals surface area contributed by atoms with Crippen LogP contribution in [0.15, 0.2) is 24.3 Å². The lowest BCUT2D eigenvalue weighted by Crippen LogP contribution is -2.46. The summed E-state index contributed by atoms with van der Waals surface area (Å²) in [6.45, 7) is 3.72. The molecule has 2 unspecified atom stereocenters. The first-order valence-corrected chi connectivity index (χ1v) is 7.02. The number of aliphatic carboxylic acids is 1. The van der Waals surface area contributed by atoms with Crippen LogP contribution in [0, 0.1) is 5.92 Å². The molecule has 0 radical (unpaired) electrons. The Balaban J connectivity index is 2.95. The van der Waals surface area contributed by atoms with Crippen molar-refractivity contribution >= 4 is 23.5 Å². The average molecular weight is 314 g/mol.